The molecule has 2 aromatic rings. The molecule has 0 aliphatic rings. The van der Waals surface area contributed by atoms with Gasteiger partial charge in [0.25, 0.3) is 0 Å². The van der Waals surface area contributed by atoms with Gasteiger partial charge in [-0.05, 0) is 18.2 Å². The summed E-state index contributed by atoms with van der Waals surface area (Å²) < 4.78 is 26.3. The maximum absolute atomic E-state index is 13.5. The van der Waals surface area contributed by atoms with E-state index in [-0.39, 0.29) is 16.8 Å². The van der Waals surface area contributed by atoms with E-state index in [1.165, 1.54) is 12.1 Å². The van der Waals surface area contributed by atoms with E-state index in [1.54, 1.807) is 7.05 Å². The van der Waals surface area contributed by atoms with Crippen molar-refractivity contribution in [1.82, 2.24) is 9.97 Å². The lowest BCUT2D eigenvalue weighted by Gasteiger charge is -2.09. The number of anilines is 3. The van der Waals surface area contributed by atoms with E-state index in [0.29, 0.717) is 5.69 Å². The monoisotopic (exact) mass is 270 g/mol. The molecule has 2 N–H and O–H groups in total. The van der Waals surface area contributed by atoms with Crippen LogP contribution in [0, 0.1) is 11.6 Å². The average Bonchev–Trinajstić information content (AvgIpc) is 2.35. The Kier molecular flexibility index (Phi) is 3.57. The van der Waals surface area contributed by atoms with Gasteiger partial charge in [-0.25, -0.2) is 13.8 Å². The fourth-order valence-electron chi connectivity index (χ4n) is 1.29. The molecular formula is C11H9ClF2N4. The van der Waals surface area contributed by atoms with Crippen molar-refractivity contribution in [2.75, 3.05) is 17.7 Å². The number of aromatic nitrogens is 2. The molecule has 94 valence electrons. The van der Waals surface area contributed by atoms with Gasteiger partial charge in [0.1, 0.15) is 5.82 Å². The van der Waals surface area contributed by atoms with Gasteiger partial charge in [-0.1, -0.05) is 11.6 Å². The SMILES string of the molecule is CNc1ncc(F)c(Nc2ccc(F)cc2Cl)n1. The second-order valence-corrected chi connectivity index (χ2v) is 3.80. The molecule has 0 saturated carbocycles. The molecule has 0 radical (unpaired) electrons. The number of benzene rings is 1. The van der Waals surface area contributed by atoms with E-state index in [1.807, 2.05) is 0 Å². The first-order valence-corrected chi connectivity index (χ1v) is 5.40. The smallest absolute Gasteiger partial charge is 0.224 e. The summed E-state index contributed by atoms with van der Waals surface area (Å²) in [6.45, 7) is 0. The summed E-state index contributed by atoms with van der Waals surface area (Å²) in [5, 5.41) is 5.50. The predicted molar refractivity (Wildman–Crippen MR) is 66.2 cm³/mol. The Balaban J connectivity index is 2.33. The Morgan fingerprint density at radius 3 is 2.72 bits per heavy atom. The van der Waals surface area contributed by atoms with Crippen molar-refractivity contribution in [3.05, 3.63) is 41.1 Å². The molecule has 1 aromatic heterocycles. The number of halogens is 3. The second kappa shape index (κ2) is 5.14. The first kappa shape index (κ1) is 12.5. The molecule has 0 aliphatic carbocycles. The molecule has 0 aliphatic heterocycles. The third-order valence-corrected chi connectivity index (χ3v) is 2.46. The number of rotatable bonds is 3. The van der Waals surface area contributed by atoms with Crippen LogP contribution in [0.3, 0.4) is 0 Å². The van der Waals surface area contributed by atoms with Crippen molar-refractivity contribution in [1.29, 1.82) is 0 Å². The van der Waals surface area contributed by atoms with Crippen LogP contribution in [0.2, 0.25) is 5.02 Å². The molecule has 0 saturated heterocycles. The van der Waals surface area contributed by atoms with E-state index in [4.69, 9.17) is 11.6 Å². The van der Waals surface area contributed by atoms with Crippen LogP contribution in [-0.4, -0.2) is 17.0 Å². The predicted octanol–water partition coefficient (Wildman–Crippen LogP) is 3.19. The third-order valence-electron chi connectivity index (χ3n) is 2.15. The molecule has 0 spiro atoms. The van der Waals surface area contributed by atoms with Crippen molar-refractivity contribution in [3.8, 4) is 0 Å². The van der Waals surface area contributed by atoms with Crippen LogP contribution < -0.4 is 10.6 Å². The standard InChI is InChI=1S/C11H9ClF2N4/c1-15-11-16-5-8(14)10(18-11)17-9-3-2-6(13)4-7(9)12/h2-5H,1H3,(H2,15,16,17,18). The zero-order valence-electron chi connectivity index (χ0n) is 9.34. The first-order valence-electron chi connectivity index (χ1n) is 5.02. The molecule has 18 heavy (non-hydrogen) atoms. The Bertz CT molecular complexity index is 577. The van der Waals surface area contributed by atoms with Gasteiger partial charge < -0.3 is 10.6 Å². The number of hydrogen-bond donors (Lipinski definition) is 2. The van der Waals surface area contributed by atoms with Crippen molar-refractivity contribution < 1.29 is 8.78 Å². The largest absolute Gasteiger partial charge is 0.357 e. The molecule has 0 unspecified atom stereocenters. The van der Waals surface area contributed by atoms with Crippen LogP contribution in [0.5, 0.6) is 0 Å². The van der Waals surface area contributed by atoms with Gasteiger partial charge in [-0.15, -0.1) is 0 Å². The molecular weight excluding hydrogens is 262 g/mol. The van der Waals surface area contributed by atoms with Crippen LogP contribution in [0.25, 0.3) is 0 Å². The van der Waals surface area contributed by atoms with Crippen molar-refractivity contribution in [2.45, 2.75) is 0 Å². The Labute approximate surface area is 107 Å². The minimum atomic E-state index is -0.630. The molecule has 0 fully saturated rings. The van der Waals surface area contributed by atoms with Gasteiger partial charge in [0.15, 0.2) is 11.6 Å². The maximum Gasteiger partial charge on any atom is 0.224 e. The quantitative estimate of drug-likeness (QED) is 0.899. The van der Waals surface area contributed by atoms with E-state index in [2.05, 4.69) is 20.6 Å². The van der Waals surface area contributed by atoms with Crippen molar-refractivity contribution in [2.24, 2.45) is 0 Å². The zero-order valence-corrected chi connectivity index (χ0v) is 10.1. The lowest BCUT2D eigenvalue weighted by molar-refractivity contribution is 0.619. The van der Waals surface area contributed by atoms with E-state index < -0.39 is 11.6 Å². The van der Waals surface area contributed by atoms with Crippen LogP contribution in [0.1, 0.15) is 0 Å². The number of nitrogens with one attached hydrogen (secondary N) is 2. The van der Waals surface area contributed by atoms with Crippen LogP contribution in [0.15, 0.2) is 24.4 Å². The highest BCUT2D eigenvalue weighted by Gasteiger charge is 2.09. The summed E-state index contributed by atoms with van der Waals surface area (Å²) >= 11 is 5.82. The molecule has 1 aromatic carbocycles. The van der Waals surface area contributed by atoms with Gasteiger partial charge in [0.05, 0.1) is 16.9 Å². The normalized spacial score (nSPS) is 10.2. The van der Waals surface area contributed by atoms with Crippen LogP contribution >= 0.6 is 11.6 Å². The minimum Gasteiger partial charge on any atom is -0.357 e. The van der Waals surface area contributed by atoms with Crippen LogP contribution in [-0.2, 0) is 0 Å². The highest BCUT2D eigenvalue weighted by atomic mass is 35.5. The van der Waals surface area contributed by atoms with Gasteiger partial charge in [0, 0.05) is 7.05 Å². The Hall–Kier alpha value is -1.95. The third kappa shape index (κ3) is 2.65. The summed E-state index contributed by atoms with van der Waals surface area (Å²) in [5.74, 6) is -0.876. The van der Waals surface area contributed by atoms with Gasteiger partial charge in [0.2, 0.25) is 5.95 Å². The molecule has 0 atom stereocenters. The molecule has 2 rings (SSSR count). The topological polar surface area (TPSA) is 49.8 Å². The highest BCUT2D eigenvalue weighted by Crippen LogP contribution is 2.26. The van der Waals surface area contributed by atoms with Crippen LogP contribution in [0.4, 0.5) is 26.2 Å². The Morgan fingerprint density at radius 2 is 2.06 bits per heavy atom. The molecule has 1 heterocycles. The fraction of sp³-hybridized carbons (Fsp3) is 0.0909. The average molecular weight is 271 g/mol. The summed E-state index contributed by atoms with van der Waals surface area (Å²) in [4.78, 5) is 7.59. The fourth-order valence-corrected chi connectivity index (χ4v) is 1.51. The van der Waals surface area contributed by atoms with Gasteiger partial charge >= 0.3 is 0 Å². The van der Waals surface area contributed by atoms with E-state index in [0.717, 1.165) is 12.3 Å². The Morgan fingerprint density at radius 1 is 1.28 bits per heavy atom. The van der Waals surface area contributed by atoms with Crippen molar-refractivity contribution >= 4 is 29.1 Å². The number of hydrogen-bond acceptors (Lipinski definition) is 4. The summed E-state index contributed by atoms with van der Waals surface area (Å²) in [5.41, 5.74) is 0.359. The van der Waals surface area contributed by atoms with Crippen molar-refractivity contribution in [3.63, 3.8) is 0 Å². The summed E-state index contributed by atoms with van der Waals surface area (Å²) in [6.07, 6.45) is 1.03. The van der Waals surface area contributed by atoms with Gasteiger partial charge in [-0.3, -0.25) is 0 Å². The molecule has 0 bridgehead atoms. The maximum atomic E-state index is 13.5. The summed E-state index contributed by atoms with van der Waals surface area (Å²) in [7, 11) is 1.61. The number of nitrogens with zero attached hydrogens (tertiary/aromatic N) is 2. The lowest BCUT2D eigenvalue weighted by Crippen LogP contribution is -2.03. The first-order chi connectivity index (χ1) is 8.60. The molecule has 7 heteroatoms. The second-order valence-electron chi connectivity index (χ2n) is 3.39. The van der Waals surface area contributed by atoms with E-state index >= 15 is 0 Å². The molecule has 4 nitrogen and oxygen atoms in total. The van der Waals surface area contributed by atoms with E-state index in [9.17, 15) is 8.78 Å². The molecule has 0 amide bonds. The lowest BCUT2D eigenvalue weighted by atomic mass is 10.3. The summed E-state index contributed by atoms with van der Waals surface area (Å²) in [6, 6.07) is 3.74. The van der Waals surface area contributed by atoms with Gasteiger partial charge in [-0.2, -0.15) is 4.98 Å². The minimum absolute atomic E-state index is 0.0390. The highest BCUT2D eigenvalue weighted by molar-refractivity contribution is 6.33. The zero-order chi connectivity index (χ0) is 13.1.